The van der Waals surface area contributed by atoms with Crippen LogP contribution < -0.4 is 0 Å². The molecule has 2 N–H and O–H groups in total. The molecule has 1 saturated heterocycles. The Labute approximate surface area is 108 Å². The van der Waals surface area contributed by atoms with Crippen LogP contribution in [-0.4, -0.2) is 39.7 Å². The highest BCUT2D eigenvalue weighted by Gasteiger charge is 2.39. The van der Waals surface area contributed by atoms with Crippen LogP contribution in [-0.2, 0) is 6.54 Å². The van der Waals surface area contributed by atoms with Gasteiger partial charge in [0.15, 0.2) is 0 Å². The van der Waals surface area contributed by atoms with Crippen molar-refractivity contribution in [3.8, 4) is 0 Å². The maximum absolute atomic E-state index is 9.81. The standard InChI is InChI=1S/C14H23N3O/c18-11-14(8-12-2-3-12)4-1-7-17(10-14)9-13-15-5-6-16-13/h5-6,12,18H,1-4,7-11H2,(H,15,16). The molecular formula is C14H23N3O. The van der Waals surface area contributed by atoms with Gasteiger partial charge in [0.1, 0.15) is 5.82 Å². The number of aliphatic hydroxyl groups excluding tert-OH is 1. The number of likely N-dealkylation sites (tertiary alicyclic amines) is 1. The van der Waals surface area contributed by atoms with Crippen molar-refractivity contribution in [2.24, 2.45) is 11.3 Å². The van der Waals surface area contributed by atoms with E-state index in [4.69, 9.17) is 0 Å². The maximum atomic E-state index is 9.81. The van der Waals surface area contributed by atoms with Crippen LogP contribution >= 0.6 is 0 Å². The van der Waals surface area contributed by atoms with Crippen LogP contribution in [0.2, 0.25) is 0 Å². The molecule has 1 aliphatic carbocycles. The summed E-state index contributed by atoms with van der Waals surface area (Å²) in [5, 5.41) is 9.81. The van der Waals surface area contributed by atoms with Crippen LogP contribution in [0, 0.1) is 11.3 Å². The zero-order valence-electron chi connectivity index (χ0n) is 10.9. The van der Waals surface area contributed by atoms with Gasteiger partial charge in [-0.15, -0.1) is 0 Å². The fourth-order valence-electron chi connectivity index (χ4n) is 3.34. The molecule has 3 rings (SSSR count). The fourth-order valence-corrected chi connectivity index (χ4v) is 3.34. The predicted octanol–water partition coefficient (Wildman–Crippen LogP) is 1.78. The number of aromatic nitrogens is 2. The summed E-state index contributed by atoms with van der Waals surface area (Å²) >= 11 is 0. The Morgan fingerprint density at radius 3 is 3.06 bits per heavy atom. The highest BCUT2D eigenvalue weighted by molar-refractivity contribution is 4.94. The molecule has 1 aliphatic heterocycles. The molecule has 1 saturated carbocycles. The lowest BCUT2D eigenvalue weighted by Gasteiger charge is -2.42. The number of hydrogen-bond donors (Lipinski definition) is 2. The molecule has 0 spiro atoms. The van der Waals surface area contributed by atoms with Gasteiger partial charge in [0.25, 0.3) is 0 Å². The summed E-state index contributed by atoms with van der Waals surface area (Å²) in [6, 6.07) is 0. The summed E-state index contributed by atoms with van der Waals surface area (Å²) < 4.78 is 0. The molecule has 1 atom stereocenters. The Hall–Kier alpha value is -0.870. The van der Waals surface area contributed by atoms with Crippen molar-refractivity contribution in [3.05, 3.63) is 18.2 Å². The van der Waals surface area contributed by atoms with Crippen molar-refractivity contribution in [1.29, 1.82) is 0 Å². The van der Waals surface area contributed by atoms with Crippen molar-refractivity contribution < 1.29 is 5.11 Å². The van der Waals surface area contributed by atoms with Gasteiger partial charge in [-0.05, 0) is 31.7 Å². The van der Waals surface area contributed by atoms with Crippen molar-refractivity contribution in [2.75, 3.05) is 19.7 Å². The second-order valence-corrected chi connectivity index (χ2v) is 6.16. The smallest absolute Gasteiger partial charge is 0.120 e. The lowest BCUT2D eigenvalue weighted by molar-refractivity contribution is 0.0171. The van der Waals surface area contributed by atoms with Crippen molar-refractivity contribution in [3.63, 3.8) is 0 Å². The van der Waals surface area contributed by atoms with Crippen LogP contribution in [0.15, 0.2) is 12.4 Å². The summed E-state index contributed by atoms with van der Waals surface area (Å²) in [7, 11) is 0. The van der Waals surface area contributed by atoms with E-state index in [1.807, 2.05) is 12.4 Å². The average Bonchev–Trinajstić information content (AvgIpc) is 3.03. The first kappa shape index (κ1) is 12.2. The Morgan fingerprint density at radius 2 is 2.39 bits per heavy atom. The Morgan fingerprint density at radius 1 is 1.50 bits per heavy atom. The lowest BCUT2D eigenvalue weighted by Crippen LogP contribution is -2.45. The summed E-state index contributed by atoms with van der Waals surface area (Å²) in [6.45, 7) is 3.39. The molecule has 1 aromatic rings. The van der Waals surface area contributed by atoms with E-state index in [0.717, 1.165) is 31.4 Å². The van der Waals surface area contributed by atoms with Crippen molar-refractivity contribution >= 4 is 0 Å². The number of H-pyrrole nitrogens is 1. The zero-order chi connectivity index (χ0) is 12.4. The molecule has 18 heavy (non-hydrogen) atoms. The van der Waals surface area contributed by atoms with Gasteiger partial charge in [0.05, 0.1) is 6.54 Å². The molecule has 100 valence electrons. The minimum absolute atomic E-state index is 0.159. The minimum Gasteiger partial charge on any atom is -0.396 e. The lowest BCUT2D eigenvalue weighted by atomic mass is 9.76. The van der Waals surface area contributed by atoms with Gasteiger partial charge in [-0.25, -0.2) is 4.98 Å². The summed E-state index contributed by atoms with van der Waals surface area (Å²) in [5.41, 5.74) is 0.159. The molecule has 4 nitrogen and oxygen atoms in total. The summed E-state index contributed by atoms with van der Waals surface area (Å²) in [4.78, 5) is 9.91. The summed E-state index contributed by atoms with van der Waals surface area (Å²) in [6.07, 6.45) is 10.0. The van der Waals surface area contributed by atoms with Crippen LogP contribution in [0.5, 0.6) is 0 Å². The van der Waals surface area contributed by atoms with E-state index in [9.17, 15) is 5.11 Å². The van der Waals surface area contributed by atoms with Gasteiger partial charge in [-0.1, -0.05) is 12.8 Å². The molecule has 4 heteroatoms. The average molecular weight is 249 g/mol. The molecular weight excluding hydrogens is 226 g/mol. The molecule has 0 aromatic carbocycles. The third-order valence-corrected chi connectivity index (χ3v) is 4.42. The number of hydrogen-bond acceptors (Lipinski definition) is 3. The van der Waals surface area contributed by atoms with E-state index in [0.29, 0.717) is 6.61 Å². The first-order valence-electron chi connectivity index (χ1n) is 7.11. The second-order valence-electron chi connectivity index (χ2n) is 6.16. The highest BCUT2D eigenvalue weighted by atomic mass is 16.3. The Balaban J connectivity index is 1.62. The number of rotatable bonds is 5. The SMILES string of the molecule is OCC1(CC2CC2)CCCN(Cc2ncc[nH]2)C1. The van der Waals surface area contributed by atoms with E-state index >= 15 is 0 Å². The van der Waals surface area contributed by atoms with Crippen LogP contribution in [0.3, 0.4) is 0 Å². The number of nitrogens with one attached hydrogen (secondary N) is 1. The monoisotopic (exact) mass is 249 g/mol. The first-order chi connectivity index (χ1) is 8.80. The second kappa shape index (κ2) is 5.02. The van der Waals surface area contributed by atoms with Gasteiger partial charge in [-0.2, -0.15) is 0 Å². The number of piperidine rings is 1. The first-order valence-corrected chi connectivity index (χ1v) is 7.11. The normalized spacial score (nSPS) is 29.6. The molecule has 0 bridgehead atoms. The fraction of sp³-hybridized carbons (Fsp3) is 0.786. The van der Waals surface area contributed by atoms with E-state index in [1.165, 1.54) is 32.1 Å². The van der Waals surface area contributed by atoms with Gasteiger partial charge in [0, 0.05) is 31.0 Å². The minimum atomic E-state index is 0.159. The molecule has 2 aliphatic rings. The molecule has 0 radical (unpaired) electrons. The van der Waals surface area contributed by atoms with Crippen molar-refractivity contribution in [2.45, 2.75) is 38.6 Å². The van der Waals surface area contributed by atoms with E-state index in [1.54, 1.807) is 0 Å². The van der Waals surface area contributed by atoms with E-state index < -0.39 is 0 Å². The van der Waals surface area contributed by atoms with Gasteiger partial charge in [0.2, 0.25) is 0 Å². The van der Waals surface area contributed by atoms with Crippen LogP contribution in [0.25, 0.3) is 0 Å². The third kappa shape index (κ3) is 2.75. The van der Waals surface area contributed by atoms with Crippen LogP contribution in [0.4, 0.5) is 0 Å². The topological polar surface area (TPSA) is 52.1 Å². The molecule has 2 heterocycles. The Bertz CT molecular complexity index is 374. The Kier molecular flexibility index (Phi) is 3.39. The van der Waals surface area contributed by atoms with Crippen molar-refractivity contribution in [1.82, 2.24) is 14.9 Å². The third-order valence-electron chi connectivity index (χ3n) is 4.42. The number of imidazole rings is 1. The quantitative estimate of drug-likeness (QED) is 0.836. The van der Waals surface area contributed by atoms with Gasteiger partial charge >= 0.3 is 0 Å². The summed E-state index contributed by atoms with van der Waals surface area (Å²) in [5.74, 6) is 1.93. The van der Waals surface area contributed by atoms with Gasteiger partial charge < -0.3 is 10.1 Å². The number of aliphatic hydroxyl groups is 1. The van der Waals surface area contributed by atoms with Crippen LogP contribution in [0.1, 0.15) is 37.9 Å². The number of aromatic amines is 1. The maximum Gasteiger partial charge on any atom is 0.120 e. The van der Waals surface area contributed by atoms with E-state index in [2.05, 4.69) is 14.9 Å². The van der Waals surface area contributed by atoms with Gasteiger partial charge in [-0.3, -0.25) is 4.90 Å². The number of nitrogens with zero attached hydrogens (tertiary/aromatic N) is 2. The highest BCUT2D eigenvalue weighted by Crippen LogP contribution is 2.44. The molecule has 2 fully saturated rings. The molecule has 1 aromatic heterocycles. The molecule has 0 amide bonds. The predicted molar refractivity (Wildman–Crippen MR) is 70.0 cm³/mol. The largest absolute Gasteiger partial charge is 0.396 e. The molecule has 1 unspecified atom stereocenters. The zero-order valence-corrected chi connectivity index (χ0v) is 10.9. The van der Waals surface area contributed by atoms with E-state index in [-0.39, 0.29) is 5.41 Å².